The average Bonchev–Trinajstić information content (AvgIpc) is 2.48. The van der Waals surface area contributed by atoms with Crippen LogP contribution in [0.2, 0.25) is 0 Å². The van der Waals surface area contributed by atoms with Gasteiger partial charge in [0.15, 0.2) is 11.5 Å². The molecule has 1 heterocycles. The van der Waals surface area contributed by atoms with Gasteiger partial charge in [0.05, 0.1) is 6.61 Å². The Morgan fingerprint density at radius 3 is 2.10 bits per heavy atom. The fraction of sp³-hybridized carbons (Fsp3) is 0.214. The Hall–Kier alpha value is -2.31. The van der Waals surface area contributed by atoms with Gasteiger partial charge in [0.1, 0.15) is 0 Å². The molecule has 1 aromatic carbocycles. The third-order valence-corrected chi connectivity index (χ3v) is 2.48. The van der Waals surface area contributed by atoms with Crippen molar-refractivity contribution in [1.82, 2.24) is 4.98 Å². The number of rotatable bonds is 5. The molecule has 21 heavy (non-hydrogen) atoms. The number of halogens is 4. The quantitative estimate of drug-likeness (QED) is 0.612. The van der Waals surface area contributed by atoms with Crippen molar-refractivity contribution in [1.29, 1.82) is 0 Å². The highest BCUT2D eigenvalue weighted by atomic mass is 19.2. The second kappa shape index (κ2) is 6.43. The molecule has 7 heteroatoms. The lowest BCUT2D eigenvalue weighted by Crippen LogP contribution is -2.04. The first-order chi connectivity index (χ1) is 10.0. The molecule has 0 fully saturated rings. The van der Waals surface area contributed by atoms with E-state index in [2.05, 4.69) is 4.98 Å². The molecule has 0 atom stereocenters. The normalized spacial score (nSPS) is 10.5. The first-order valence-electron chi connectivity index (χ1n) is 6.14. The second-order valence-corrected chi connectivity index (χ2v) is 4.05. The SMILES string of the molecule is CCCOc1ccccc1Oc1c(F)c(F)nc(F)c1F. The van der Waals surface area contributed by atoms with Crippen LogP contribution in [0.3, 0.4) is 0 Å². The monoisotopic (exact) mass is 301 g/mol. The molecule has 0 N–H and O–H groups in total. The van der Waals surface area contributed by atoms with Crippen LogP contribution in [0.5, 0.6) is 17.2 Å². The van der Waals surface area contributed by atoms with Gasteiger partial charge in [0.25, 0.3) is 11.9 Å². The maximum Gasteiger partial charge on any atom is 0.255 e. The van der Waals surface area contributed by atoms with Crippen LogP contribution >= 0.6 is 0 Å². The number of para-hydroxylation sites is 2. The molecule has 0 bridgehead atoms. The lowest BCUT2D eigenvalue weighted by Gasteiger charge is -2.13. The molecule has 0 aliphatic rings. The van der Waals surface area contributed by atoms with Gasteiger partial charge in [-0.1, -0.05) is 19.1 Å². The van der Waals surface area contributed by atoms with E-state index in [0.717, 1.165) is 0 Å². The van der Waals surface area contributed by atoms with Crippen molar-refractivity contribution in [3.05, 3.63) is 47.8 Å². The number of nitrogens with zero attached hydrogens (tertiary/aromatic N) is 1. The van der Waals surface area contributed by atoms with Crippen LogP contribution < -0.4 is 9.47 Å². The van der Waals surface area contributed by atoms with E-state index in [0.29, 0.717) is 13.0 Å². The molecule has 0 spiro atoms. The Morgan fingerprint density at radius 2 is 1.52 bits per heavy atom. The van der Waals surface area contributed by atoms with E-state index in [1.165, 1.54) is 18.2 Å². The summed E-state index contributed by atoms with van der Waals surface area (Å²) in [5.41, 5.74) is 0. The van der Waals surface area contributed by atoms with Crippen molar-refractivity contribution in [2.75, 3.05) is 6.61 Å². The van der Waals surface area contributed by atoms with Crippen molar-refractivity contribution >= 4 is 0 Å². The van der Waals surface area contributed by atoms with Gasteiger partial charge in [-0.05, 0) is 18.6 Å². The minimum absolute atomic E-state index is 0.0613. The number of benzene rings is 1. The summed E-state index contributed by atoms with van der Waals surface area (Å²) in [5, 5.41) is 0. The first-order valence-corrected chi connectivity index (χ1v) is 6.14. The maximum atomic E-state index is 13.5. The fourth-order valence-corrected chi connectivity index (χ4v) is 1.53. The average molecular weight is 301 g/mol. The van der Waals surface area contributed by atoms with E-state index in [4.69, 9.17) is 9.47 Å². The molecular weight excluding hydrogens is 290 g/mol. The zero-order valence-corrected chi connectivity index (χ0v) is 11.0. The van der Waals surface area contributed by atoms with Gasteiger partial charge in [-0.15, -0.1) is 0 Å². The minimum Gasteiger partial charge on any atom is -0.490 e. The zero-order chi connectivity index (χ0) is 15.4. The van der Waals surface area contributed by atoms with Crippen LogP contribution in [0, 0.1) is 23.5 Å². The number of aromatic nitrogens is 1. The van der Waals surface area contributed by atoms with Crippen LogP contribution in [0.4, 0.5) is 17.6 Å². The Labute approximate surface area is 118 Å². The van der Waals surface area contributed by atoms with Crippen molar-refractivity contribution in [3.8, 4) is 17.2 Å². The van der Waals surface area contributed by atoms with Crippen molar-refractivity contribution in [2.45, 2.75) is 13.3 Å². The highest BCUT2D eigenvalue weighted by Crippen LogP contribution is 2.35. The van der Waals surface area contributed by atoms with Crippen LogP contribution in [0.25, 0.3) is 0 Å². The Morgan fingerprint density at radius 1 is 0.952 bits per heavy atom. The van der Waals surface area contributed by atoms with E-state index in [1.807, 2.05) is 6.92 Å². The summed E-state index contributed by atoms with van der Waals surface area (Å²) in [4.78, 5) is 2.45. The predicted molar refractivity (Wildman–Crippen MR) is 66.4 cm³/mol. The summed E-state index contributed by atoms with van der Waals surface area (Å²) in [5.74, 6) is -8.04. The third-order valence-electron chi connectivity index (χ3n) is 2.48. The maximum absolute atomic E-state index is 13.5. The fourth-order valence-electron chi connectivity index (χ4n) is 1.53. The summed E-state index contributed by atoms with van der Waals surface area (Å²) < 4.78 is 63.3. The smallest absolute Gasteiger partial charge is 0.255 e. The molecule has 112 valence electrons. The molecule has 0 amide bonds. The molecule has 0 saturated carbocycles. The predicted octanol–water partition coefficient (Wildman–Crippen LogP) is 4.22. The third kappa shape index (κ3) is 3.24. The largest absolute Gasteiger partial charge is 0.490 e. The summed E-state index contributed by atoms with van der Waals surface area (Å²) >= 11 is 0. The molecule has 2 rings (SSSR count). The van der Waals surface area contributed by atoms with E-state index in [9.17, 15) is 17.6 Å². The molecule has 0 saturated heterocycles. The van der Waals surface area contributed by atoms with Gasteiger partial charge >= 0.3 is 0 Å². The number of ether oxygens (including phenoxy) is 2. The highest BCUT2D eigenvalue weighted by molar-refractivity contribution is 5.43. The Kier molecular flexibility index (Phi) is 4.62. The van der Waals surface area contributed by atoms with Crippen molar-refractivity contribution in [2.24, 2.45) is 0 Å². The number of hydrogen-bond donors (Lipinski definition) is 0. The van der Waals surface area contributed by atoms with Gasteiger partial charge in [-0.25, -0.2) is 0 Å². The summed E-state index contributed by atoms with van der Waals surface area (Å²) in [6.07, 6.45) is 0.704. The van der Waals surface area contributed by atoms with Crippen LogP contribution in [0.15, 0.2) is 24.3 Å². The van der Waals surface area contributed by atoms with Crippen LogP contribution in [-0.2, 0) is 0 Å². The van der Waals surface area contributed by atoms with Crippen LogP contribution in [-0.4, -0.2) is 11.6 Å². The van der Waals surface area contributed by atoms with E-state index >= 15 is 0 Å². The molecule has 0 unspecified atom stereocenters. The first kappa shape index (κ1) is 15.1. The van der Waals surface area contributed by atoms with Gasteiger partial charge in [-0.2, -0.15) is 22.5 Å². The zero-order valence-electron chi connectivity index (χ0n) is 11.0. The van der Waals surface area contributed by atoms with E-state index in [-0.39, 0.29) is 11.5 Å². The number of pyridine rings is 1. The lowest BCUT2D eigenvalue weighted by atomic mass is 10.3. The second-order valence-electron chi connectivity index (χ2n) is 4.05. The number of hydrogen-bond acceptors (Lipinski definition) is 3. The van der Waals surface area contributed by atoms with E-state index in [1.54, 1.807) is 6.07 Å². The summed E-state index contributed by atoms with van der Waals surface area (Å²) in [7, 11) is 0. The van der Waals surface area contributed by atoms with Gasteiger partial charge in [-0.3, -0.25) is 0 Å². The minimum atomic E-state index is -1.78. The van der Waals surface area contributed by atoms with E-state index < -0.39 is 29.3 Å². The molecule has 0 radical (unpaired) electrons. The lowest BCUT2D eigenvalue weighted by molar-refractivity contribution is 0.292. The molecule has 0 aliphatic carbocycles. The van der Waals surface area contributed by atoms with Gasteiger partial charge in [0, 0.05) is 0 Å². The van der Waals surface area contributed by atoms with Crippen molar-refractivity contribution < 1.29 is 27.0 Å². The standard InChI is InChI=1S/C14H11F4NO2/c1-2-7-20-8-5-3-4-6-9(8)21-12-10(15)13(17)19-14(18)11(12)16/h3-6H,2,7H2,1H3. The van der Waals surface area contributed by atoms with Gasteiger partial charge < -0.3 is 9.47 Å². The molecular formula is C14H11F4NO2. The van der Waals surface area contributed by atoms with Crippen molar-refractivity contribution in [3.63, 3.8) is 0 Å². The molecule has 2 aromatic rings. The topological polar surface area (TPSA) is 31.4 Å². The van der Waals surface area contributed by atoms with Crippen LogP contribution in [0.1, 0.15) is 13.3 Å². The summed E-state index contributed by atoms with van der Waals surface area (Å²) in [6, 6.07) is 6.02. The highest BCUT2D eigenvalue weighted by Gasteiger charge is 2.23. The summed E-state index contributed by atoms with van der Waals surface area (Å²) in [6.45, 7) is 2.22. The Balaban J connectivity index is 2.39. The Bertz CT molecular complexity index is 623. The van der Waals surface area contributed by atoms with Gasteiger partial charge in [0.2, 0.25) is 17.4 Å². The molecule has 0 aliphatic heterocycles. The molecule has 3 nitrogen and oxygen atoms in total. The molecule has 1 aromatic heterocycles.